The first-order valence-corrected chi connectivity index (χ1v) is 9.15. The third-order valence-corrected chi connectivity index (χ3v) is 5.18. The van der Waals surface area contributed by atoms with Gasteiger partial charge in [-0.1, -0.05) is 0 Å². The van der Waals surface area contributed by atoms with Crippen molar-refractivity contribution in [3.63, 3.8) is 0 Å². The lowest BCUT2D eigenvalue weighted by atomic mass is 10.2. The van der Waals surface area contributed by atoms with E-state index >= 15 is 0 Å². The van der Waals surface area contributed by atoms with Crippen molar-refractivity contribution in [3.8, 4) is 22.6 Å². The van der Waals surface area contributed by atoms with Gasteiger partial charge in [0, 0.05) is 16.6 Å². The lowest BCUT2D eigenvalue weighted by Crippen LogP contribution is -2.27. The number of carbonyl (C=O) groups is 1. The van der Waals surface area contributed by atoms with Gasteiger partial charge in [0.2, 0.25) is 6.79 Å². The van der Waals surface area contributed by atoms with Crippen LogP contribution >= 0.6 is 22.7 Å². The topological polar surface area (TPSA) is 59.6 Å². The van der Waals surface area contributed by atoms with Crippen molar-refractivity contribution < 1.29 is 14.3 Å². The largest absolute Gasteiger partial charge is 0.454 e. The SMILES string of the molecule is O=C(NCc1cc(-c2ccsc2)cs1)Nc1ccc2c(c1)OCO2. The van der Waals surface area contributed by atoms with Crippen LogP contribution in [0.4, 0.5) is 10.5 Å². The first-order chi connectivity index (χ1) is 11.8. The number of hydrogen-bond acceptors (Lipinski definition) is 5. The Balaban J connectivity index is 1.33. The van der Waals surface area contributed by atoms with Gasteiger partial charge in [0.25, 0.3) is 0 Å². The number of hydrogen-bond donors (Lipinski definition) is 2. The molecule has 7 heteroatoms. The van der Waals surface area contributed by atoms with Crippen molar-refractivity contribution in [2.45, 2.75) is 6.54 Å². The number of benzene rings is 1. The predicted octanol–water partition coefficient (Wildman–Crippen LogP) is 4.53. The lowest BCUT2D eigenvalue weighted by molar-refractivity contribution is 0.174. The van der Waals surface area contributed by atoms with Crippen LogP contribution in [0.3, 0.4) is 0 Å². The van der Waals surface area contributed by atoms with Crippen LogP contribution in [-0.2, 0) is 6.54 Å². The Morgan fingerprint density at radius 1 is 1.08 bits per heavy atom. The minimum Gasteiger partial charge on any atom is -0.454 e. The minimum absolute atomic E-state index is 0.218. The number of ether oxygens (including phenoxy) is 2. The molecule has 0 unspecified atom stereocenters. The molecule has 0 spiro atoms. The third kappa shape index (κ3) is 3.22. The van der Waals surface area contributed by atoms with Crippen LogP contribution in [0.2, 0.25) is 0 Å². The molecule has 0 atom stereocenters. The molecule has 2 N–H and O–H groups in total. The minimum atomic E-state index is -0.251. The highest BCUT2D eigenvalue weighted by Crippen LogP contribution is 2.34. The van der Waals surface area contributed by atoms with E-state index in [1.165, 1.54) is 11.1 Å². The zero-order valence-electron chi connectivity index (χ0n) is 12.6. The van der Waals surface area contributed by atoms with Gasteiger partial charge >= 0.3 is 6.03 Å². The highest BCUT2D eigenvalue weighted by molar-refractivity contribution is 7.10. The van der Waals surface area contributed by atoms with Crippen LogP contribution in [-0.4, -0.2) is 12.8 Å². The Kier molecular flexibility index (Phi) is 4.10. The van der Waals surface area contributed by atoms with E-state index in [0.29, 0.717) is 23.7 Å². The van der Waals surface area contributed by atoms with Crippen molar-refractivity contribution in [1.29, 1.82) is 0 Å². The first-order valence-electron chi connectivity index (χ1n) is 7.32. The molecule has 5 nitrogen and oxygen atoms in total. The normalized spacial score (nSPS) is 12.2. The predicted molar refractivity (Wildman–Crippen MR) is 96.1 cm³/mol. The maximum Gasteiger partial charge on any atom is 0.319 e. The van der Waals surface area contributed by atoms with Crippen LogP contribution < -0.4 is 20.1 Å². The summed E-state index contributed by atoms with van der Waals surface area (Å²) in [5.41, 5.74) is 3.07. The fourth-order valence-corrected chi connectivity index (χ4v) is 3.87. The van der Waals surface area contributed by atoms with Crippen molar-refractivity contribution in [2.75, 3.05) is 12.1 Å². The monoisotopic (exact) mass is 358 g/mol. The Hall–Kier alpha value is -2.51. The molecule has 4 rings (SSSR count). The van der Waals surface area contributed by atoms with Gasteiger partial charge in [-0.25, -0.2) is 4.79 Å². The molecule has 2 aromatic heterocycles. The van der Waals surface area contributed by atoms with E-state index in [1.807, 2.05) is 0 Å². The van der Waals surface area contributed by atoms with Gasteiger partial charge in [0.15, 0.2) is 11.5 Å². The molecule has 0 bridgehead atoms. The van der Waals surface area contributed by atoms with E-state index < -0.39 is 0 Å². The molecular weight excluding hydrogens is 344 g/mol. The van der Waals surface area contributed by atoms with Crippen LogP contribution in [0.1, 0.15) is 4.88 Å². The second-order valence-electron chi connectivity index (χ2n) is 5.19. The number of carbonyl (C=O) groups excluding carboxylic acids is 1. The Morgan fingerprint density at radius 2 is 2.00 bits per heavy atom. The van der Waals surface area contributed by atoms with Crippen LogP contribution in [0, 0.1) is 0 Å². The average Bonchev–Trinajstić information content (AvgIpc) is 3.32. The number of urea groups is 1. The Morgan fingerprint density at radius 3 is 2.88 bits per heavy atom. The van der Waals surface area contributed by atoms with E-state index in [1.54, 1.807) is 40.9 Å². The van der Waals surface area contributed by atoms with Gasteiger partial charge in [-0.3, -0.25) is 0 Å². The summed E-state index contributed by atoms with van der Waals surface area (Å²) < 4.78 is 10.5. The van der Waals surface area contributed by atoms with Crippen LogP contribution in [0.15, 0.2) is 46.5 Å². The average molecular weight is 358 g/mol. The summed E-state index contributed by atoms with van der Waals surface area (Å²) in [6, 6.07) is 9.27. The summed E-state index contributed by atoms with van der Waals surface area (Å²) in [6.45, 7) is 0.709. The Bertz CT molecular complexity index is 859. The maximum absolute atomic E-state index is 12.0. The fourth-order valence-electron chi connectivity index (χ4n) is 2.37. The number of nitrogens with one attached hydrogen (secondary N) is 2. The fraction of sp³-hybridized carbons (Fsp3) is 0.118. The van der Waals surface area contributed by atoms with Gasteiger partial charge < -0.3 is 20.1 Å². The molecule has 1 aliphatic heterocycles. The van der Waals surface area contributed by atoms with Crippen LogP contribution in [0.25, 0.3) is 11.1 Å². The molecule has 3 heterocycles. The smallest absolute Gasteiger partial charge is 0.319 e. The molecule has 0 saturated heterocycles. The van der Waals surface area contributed by atoms with E-state index in [-0.39, 0.29) is 12.8 Å². The number of fused-ring (bicyclic) bond motifs is 1. The number of anilines is 1. The molecule has 1 aromatic carbocycles. The summed E-state index contributed by atoms with van der Waals surface area (Å²) in [5.74, 6) is 1.34. The molecule has 0 radical (unpaired) electrons. The molecule has 2 amide bonds. The van der Waals surface area contributed by atoms with E-state index in [0.717, 1.165) is 4.88 Å². The molecule has 0 saturated carbocycles. The molecule has 3 aromatic rings. The van der Waals surface area contributed by atoms with Gasteiger partial charge in [0.1, 0.15) is 0 Å². The van der Waals surface area contributed by atoms with Gasteiger partial charge in [0.05, 0.1) is 6.54 Å². The lowest BCUT2D eigenvalue weighted by Gasteiger charge is -2.07. The van der Waals surface area contributed by atoms with Gasteiger partial charge in [-0.15, -0.1) is 11.3 Å². The third-order valence-electron chi connectivity index (χ3n) is 3.56. The summed E-state index contributed by atoms with van der Waals surface area (Å²) in [4.78, 5) is 13.1. The molecular formula is C17H14N2O3S2. The zero-order valence-corrected chi connectivity index (χ0v) is 14.2. The van der Waals surface area contributed by atoms with E-state index in [4.69, 9.17) is 9.47 Å². The number of thiophene rings is 2. The zero-order chi connectivity index (χ0) is 16.4. The van der Waals surface area contributed by atoms with Crippen molar-refractivity contribution >= 4 is 34.4 Å². The molecule has 1 aliphatic rings. The highest BCUT2D eigenvalue weighted by Gasteiger charge is 2.14. The van der Waals surface area contributed by atoms with Crippen molar-refractivity contribution in [2.24, 2.45) is 0 Å². The highest BCUT2D eigenvalue weighted by atomic mass is 32.1. The second-order valence-corrected chi connectivity index (χ2v) is 6.97. The van der Waals surface area contributed by atoms with E-state index in [2.05, 4.69) is 38.9 Å². The summed E-state index contributed by atoms with van der Waals surface area (Å²) in [5, 5.41) is 11.9. The summed E-state index contributed by atoms with van der Waals surface area (Å²) in [6.07, 6.45) is 0. The number of amides is 2. The number of rotatable bonds is 4. The molecule has 122 valence electrons. The summed E-state index contributed by atoms with van der Waals surface area (Å²) in [7, 11) is 0. The van der Waals surface area contributed by atoms with Crippen molar-refractivity contribution in [1.82, 2.24) is 5.32 Å². The molecule has 0 aliphatic carbocycles. The van der Waals surface area contributed by atoms with Crippen molar-refractivity contribution in [3.05, 3.63) is 51.3 Å². The Labute approximate surface area is 146 Å². The molecule has 0 fully saturated rings. The molecule has 24 heavy (non-hydrogen) atoms. The van der Waals surface area contributed by atoms with E-state index in [9.17, 15) is 4.79 Å². The standard InChI is InChI=1S/C17H14N2O3S2/c20-17(19-13-1-2-15-16(6-13)22-10-21-15)18-7-14-5-12(9-24-14)11-3-4-23-8-11/h1-6,8-9H,7,10H2,(H2,18,19,20). The first kappa shape index (κ1) is 15.0. The van der Waals surface area contributed by atoms with Gasteiger partial charge in [-0.05, 0) is 51.5 Å². The van der Waals surface area contributed by atoms with Crippen LogP contribution in [0.5, 0.6) is 11.5 Å². The quantitative estimate of drug-likeness (QED) is 0.720. The van der Waals surface area contributed by atoms with Gasteiger partial charge in [-0.2, -0.15) is 11.3 Å². The second kappa shape index (κ2) is 6.54. The summed E-state index contributed by atoms with van der Waals surface area (Å²) >= 11 is 3.32. The maximum atomic E-state index is 12.0.